The zero-order chi connectivity index (χ0) is 36.2. The SMILES string of the molecule is C[C@]1(C(N)=O)COc2c1cc([C@@](O)(CNC(=O)c1ccc(OC3CC3)c(-c3ccc(C(F)(F)F)nc3)c1)C(F)(F)F)nc2-c1ccc(F)cc1. The van der Waals surface area contributed by atoms with Gasteiger partial charge in [-0.05, 0) is 74.4 Å². The van der Waals surface area contributed by atoms with Crippen LogP contribution in [0.25, 0.3) is 22.4 Å². The zero-order valence-electron chi connectivity index (χ0n) is 26.0. The molecule has 4 N–H and O–H groups in total. The Balaban J connectivity index is 1.36. The fraction of sp³-hybridized carbons (Fsp3) is 0.294. The predicted molar refractivity (Wildman–Crippen MR) is 162 cm³/mol. The van der Waals surface area contributed by atoms with Crippen molar-refractivity contribution < 1.29 is 54.9 Å². The van der Waals surface area contributed by atoms with E-state index in [-0.39, 0.29) is 57.7 Å². The van der Waals surface area contributed by atoms with Crippen LogP contribution in [0.2, 0.25) is 0 Å². The summed E-state index contributed by atoms with van der Waals surface area (Å²) in [5.74, 6) is -2.54. The number of primary amides is 1. The quantitative estimate of drug-likeness (QED) is 0.187. The number of aromatic nitrogens is 2. The van der Waals surface area contributed by atoms with E-state index in [1.165, 1.54) is 37.3 Å². The maximum absolute atomic E-state index is 14.8. The highest BCUT2D eigenvalue weighted by Gasteiger charge is 2.57. The van der Waals surface area contributed by atoms with Crippen LogP contribution in [0.4, 0.5) is 30.7 Å². The number of alkyl halides is 6. The third-order valence-corrected chi connectivity index (χ3v) is 8.56. The Bertz CT molecular complexity index is 1970. The Hall–Kier alpha value is -5.25. The van der Waals surface area contributed by atoms with Gasteiger partial charge in [0.15, 0.2) is 0 Å². The molecule has 2 amide bonds. The number of carbonyl (C=O) groups excluding carboxylic acids is 2. The lowest BCUT2D eigenvalue weighted by Gasteiger charge is -2.31. The molecule has 0 unspecified atom stereocenters. The van der Waals surface area contributed by atoms with Gasteiger partial charge in [0.1, 0.15) is 40.7 Å². The van der Waals surface area contributed by atoms with E-state index < -0.39 is 58.9 Å². The Labute approximate surface area is 279 Å². The summed E-state index contributed by atoms with van der Waals surface area (Å²) in [6.45, 7) is -0.473. The molecule has 4 aromatic rings. The second kappa shape index (κ2) is 12.3. The number of nitrogens with two attached hydrogens (primary N) is 1. The Kier molecular flexibility index (Phi) is 8.49. The minimum Gasteiger partial charge on any atom is -0.490 e. The second-order valence-corrected chi connectivity index (χ2v) is 12.2. The number of halogens is 7. The number of hydrogen-bond acceptors (Lipinski definition) is 7. The average molecular weight is 705 g/mol. The van der Waals surface area contributed by atoms with Gasteiger partial charge in [0.2, 0.25) is 11.5 Å². The Morgan fingerprint density at radius 1 is 1.00 bits per heavy atom. The van der Waals surface area contributed by atoms with Crippen LogP contribution in [0, 0.1) is 5.82 Å². The first kappa shape index (κ1) is 34.6. The van der Waals surface area contributed by atoms with Crippen molar-refractivity contribution in [3.05, 3.63) is 95.2 Å². The van der Waals surface area contributed by atoms with E-state index >= 15 is 0 Å². The van der Waals surface area contributed by atoms with Gasteiger partial charge in [0.25, 0.3) is 5.91 Å². The van der Waals surface area contributed by atoms with Gasteiger partial charge in [0, 0.05) is 34.0 Å². The van der Waals surface area contributed by atoms with Crippen molar-refractivity contribution in [1.82, 2.24) is 15.3 Å². The van der Waals surface area contributed by atoms with E-state index in [0.29, 0.717) is 0 Å². The van der Waals surface area contributed by atoms with Gasteiger partial charge in [-0.15, -0.1) is 0 Å². The number of nitrogens with one attached hydrogen (secondary N) is 1. The first-order valence-electron chi connectivity index (χ1n) is 15.1. The van der Waals surface area contributed by atoms with Crippen LogP contribution in [-0.2, 0) is 22.0 Å². The van der Waals surface area contributed by atoms with Gasteiger partial charge >= 0.3 is 12.4 Å². The van der Waals surface area contributed by atoms with Crippen molar-refractivity contribution in [2.75, 3.05) is 13.2 Å². The summed E-state index contributed by atoms with van der Waals surface area (Å²) >= 11 is 0. The molecule has 2 aromatic heterocycles. The van der Waals surface area contributed by atoms with E-state index in [1.807, 2.05) is 0 Å². The number of hydrogen-bond donors (Lipinski definition) is 3. The number of nitrogens with zero attached hydrogens (tertiary/aromatic N) is 2. The first-order valence-corrected chi connectivity index (χ1v) is 15.1. The van der Waals surface area contributed by atoms with Crippen molar-refractivity contribution in [2.24, 2.45) is 5.73 Å². The van der Waals surface area contributed by atoms with Crippen LogP contribution in [0.1, 0.15) is 47.1 Å². The standard InChI is InChI=1S/C34H27F7N4O5/c1-31(30(42)47)16-49-28-23(31)13-26(45-27(28)17-2-6-20(35)7-3-17)32(48,34(39,40)41)15-44-29(46)18-4-10-24(50-21-8-9-21)22(12-18)19-5-11-25(43-14-19)33(36,37)38/h2-7,10-14,21,48H,8-9,15-16H2,1H3,(H2,42,47)(H,44,46)/t31-,32-/m0/s1. The van der Waals surface area contributed by atoms with Crippen molar-refractivity contribution >= 4 is 11.8 Å². The van der Waals surface area contributed by atoms with Crippen LogP contribution in [0.3, 0.4) is 0 Å². The van der Waals surface area contributed by atoms with Crippen molar-refractivity contribution in [3.8, 4) is 33.9 Å². The molecule has 50 heavy (non-hydrogen) atoms. The Morgan fingerprint density at radius 2 is 1.68 bits per heavy atom. The number of aliphatic hydroxyl groups is 1. The van der Waals surface area contributed by atoms with Gasteiger partial charge in [0.05, 0.1) is 18.3 Å². The van der Waals surface area contributed by atoms with Gasteiger partial charge in [-0.3, -0.25) is 14.6 Å². The fourth-order valence-electron chi connectivity index (χ4n) is 5.33. The summed E-state index contributed by atoms with van der Waals surface area (Å²) in [5, 5.41) is 13.4. The number of rotatable bonds is 9. The summed E-state index contributed by atoms with van der Waals surface area (Å²) in [6, 6.07) is 11.0. The fourth-order valence-corrected chi connectivity index (χ4v) is 5.33. The molecule has 2 atom stereocenters. The molecule has 0 spiro atoms. The van der Waals surface area contributed by atoms with Crippen LogP contribution in [0.15, 0.2) is 66.9 Å². The molecule has 1 saturated carbocycles. The predicted octanol–water partition coefficient (Wildman–Crippen LogP) is 5.83. The van der Waals surface area contributed by atoms with E-state index in [0.717, 1.165) is 49.4 Å². The summed E-state index contributed by atoms with van der Waals surface area (Å²) < 4.78 is 109. The molecule has 2 aromatic carbocycles. The van der Waals surface area contributed by atoms with E-state index in [9.17, 15) is 45.4 Å². The molecule has 6 rings (SSSR count). The highest BCUT2D eigenvalue weighted by Crippen LogP contribution is 2.48. The monoisotopic (exact) mass is 704 g/mol. The molecule has 1 aliphatic carbocycles. The minimum atomic E-state index is -5.46. The lowest BCUT2D eigenvalue weighted by molar-refractivity contribution is -0.265. The normalized spacial score (nSPS) is 18.5. The highest BCUT2D eigenvalue weighted by atomic mass is 19.4. The molecule has 0 bridgehead atoms. The third kappa shape index (κ3) is 6.42. The summed E-state index contributed by atoms with van der Waals surface area (Å²) in [4.78, 5) is 33.3. The lowest BCUT2D eigenvalue weighted by Crippen LogP contribution is -2.51. The van der Waals surface area contributed by atoms with Gasteiger partial charge in [-0.1, -0.05) is 6.07 Å². The molecule has 1 aliphatic heterocycles. The van der Waals surface area contributed by atoms with Crippen LogP contribution >= 0.6 is 0 Å². The molecular formula is C34H27F7N4O5. The molecule has 9 nitrogen and oxygen atoms in total. The smallest absolute Gasteiger partial charge is 0.433 e. The summed E-state index contributed by atoms with van der Waals surface area (Å²) in [5.41, 5.74) is -2.20. The number of pyridine rings is 2. The number of ether oxygens (including phenoxy) is 2. The average Bonchev–Trinajstić information content (AvgIpc) is 3.82. The van der Waals surface area contributed by atoms with E-state index in [1.54, 1.807) is 0 Å². The number of amides is 2. The van der Waals surface area contributed by atoms with E-state index in [2.05, 4.69) is 15.3 Å². The number of carbonyl (C=O) groups is 2. The topological polar surface area (TPSA) is 137 Å². The molecule has 3 heterocycles. The third-order valence-electron chi connectivity index (χ3n) is 8.56. The van der Waals surface area contributed by atoms with Crippen molar-refractivity contribution in [1.29, 1.82) is 0 Å². The second-order valence-electron chi connectivity index (χ2n) is 12.2. The molecule has 262 valence electrons. The van der Waals surface area contributed by atoms with Gasteiger partial charge < -0.3 is 25.6 Å². The van der Waals surface area contributed by atoms with Crippen LogP contribution in [-0.4, -0.2) is 52.3 Å². The molecule has 0 radical (unpaired) electrons. The molecule has 0 saturated heterocycles. The number of benzene rings is 2. The summed E-state index contributed by atoms with van der Waals surface area (Å²) in [6.07, 6.45) is -7.92. The maximum atomic E-state index is 14.8. The number of fused-ring (bicyclic) bond motifs is 1. The zero-order valence-corrected chi connectivity index (χ0v) is 26.0. The largest absolute Gasteiger partial charge is 0.490 e. The Morgan fingerprint density at radius 3 is 2.26 bits per heavy atom. The molecule has 16 heteroatoms. The van der Waals surface area contributed by atoms with Gasteiger partial charge in [-0.25, -0.2) is 9.37 Å². The highest BCUT2D eigenvalue weighted by molar-refractivity contribution is 5.96. The first-order chi connectivity index (χ1) is 23.4. The molecule has 2 aliphatic rings. The van der Waals surface area contributed by atoms with Crippen molar-refractivity contribution in [2.45, 2.75) is 49.2 Å². The van der Waals surface area contributed by atoms with Crippen LogP contribution < -0.4 is 20.5 Å². The maximum Gasteiger partial charge on any atom is 0.433 e. The van der Waals surface area contributed by atoms with Gasteiger partial charge in [-0.2, -0.15) is 26.3 Å². The van der Waals surface area contributed by atoms with Crippen molar-refractivity contribution in [3.63, 3.8) is 0 Å². The molecule has 1 fully saturated rings. The van der Waals surface area contributed by atoms with E-state index in [4.69, 9.17) is 15.2 Å². The minimum absolute atomic E-state index is 0.0889. The summed E-state index contributed by atoms with van der Waals surface area (Å²) in [7, 11) is 0. The molecular weight excluding hydrogens is 677 g/mol. The lowest BCUT2D eigenvalue weighted by atomic mass is 9.81. The van der Waals surface area contributed by atoms with Crippen LogP contribution in [0.5, 0.6) is 11.5 Å².